The van der Waals surface area contributed by atoms with Crippen molar-refractivity contribution in [3.8, 4) is 6.07 Å². The highest BCUT2D eigenvalue weighted by molar-refractivity contribution is 6.32. The molecule has 0 unspecified atom stereocenters. The first-order valence-electron chi connectivity index (χ1n) is 3.92. The highest BCUT2D eigenvalue weighted by Crippen LogP contribution is 2.23. The van der Waals surface area contributed by atoms with Gasteiger partial charge in [-0.05, 0) is 18.2 Å². The number of nitrogens with zero attached hydrogens (tertiary/aromatic N) is 1. The number of aromatic nitrogens is 1. The molecule has 2 aromatic rings. The lowest BCUT2D eigenvalue weighted by Crippen LogP contribution is -1.78. The minimum absolute atomic E-state index is 0.399. The second-order valence-electron chi connectivity index (χ2n) is 2.87. The minimum Gasteiger partial charge on any atom is -0.352 e. The van der Waals surface area contributed by atoms with Gasteiger partial charge in [-0.2, -0.15) is 5.26 Å². The highest BCUT2D eigenvalue weighted by Gasteiger charge is 2.05. The second-order valence-corrected chi connectivity index (χ2v) is 3.28. The lowest BCUT2D eigenvalue weighted by molar-refractivity contribution is 0.112. The first-order valence-corrected chi connectivity index (χ1v) is 4.30. The van der Waals surface area contributed by atoms with E-state index in [1.165, 1.54) is 0 Å². The van der Waals surface area contributed by atoms with Gasteiger partial charge >= 0.3 is 0 Å². The molecule has 2 rings (SSSR count). The van der Waals surface area contributed by atoms with Crippen LogP contribution in [-0.4, -0.2) is 11.3 Å². The number of aromatic amines is 1. The fourth-order valence-electron chi connectivity index (χ4n) is 1.32. The molecule has 0 saturated heterocycles. The number of H-pyrrole nitrogens is 1. The standard InChI is InChI=1S/C10H5ClN2O/c11-9-2-6-1-8(5-14)13-10(6)3-7(9)4-12/h1-3,5,13H. The van der Waals surface area contributed by atoms with Crippen LogP contribution in [0.15, 0.2) is 18.2 Å². The smallest absolute Gasteiger partial charge is 0.166 e. The highest BCUT2D eigenvalue weighted by atomic mass is 35.5. The van der Waals surface area contributed by atoms with Crippen molar-refractivity contribution < 1.29 is 4.79 Å². The van der Waals surface area contributed by atoms with E-state index in [1.54, 1.807) is 18.2 Å². The number of aldehydes is 1. The molecule has 1 N–H and O–H groups in total. The number of rotatable bonds is 1. The van der Waals surface area contributed by atoms with Gasteiger partial charge < -0.3 is 4.98 Å². The zero-order valence-corrected chi connectivity index (χ0v) is 7.80. The molecular formula is C10H5ClN2O. The Morgan fingerprint density at radius 3 is 2.86 bits per heavy atom. The summed E-state index contributed by atoms with van der Waals surface area (Å²) in [4.78, 5) is 13.4. The maximum Gasteiger partial charge on any atom is 0.166 e. The van der Waals surface area contributed by atoms with Crippen LogP contribution in [0, 0.1) is 11.3 Å². The van der Waals surface area contributed by atoms with E-state index in [4.69, 9.17) is 16.9 Å². The molecule has 1 heterocycles. The maximum atomic E-state index is 10.5. The number of fused-ring (bicyclic) bond motifs is 1. The summed E-state index contributed by atoms with van der Waals surface area (Å²) in [6.45, 7) is 0. The van der Waals surface area contributed by atoms with E-state index in [0.717, 1.165) is 17.2 Å². The average Bonchev–Trinajstić information content (AvgIpc) is 2.58. The lowest BCUT2D eigenvalue weighted by atomic mass is 10.2. The number of carbonyl (C=O) groups excluding carboxylic acids is 1. The van der Waals surface area contributed by atoms with Crippen LogP contribution in [0.1, 0.15) is 16.1 Å². The predicted octanol–water partition coefficient (Wildman–Crippen LogP) is 2.51. The SMILES string of the molecule is N#Cc1cc2[nH]c(C=O)cc2cc1Cl. The van der Waals surface area contributed by atoms with Crippen LogP contribution in [-0.2, 0) is 0 Å². The molecule has 1 aromatic heterocycles. The Morgan fingerprint density at radius 2 is 2.21 bits per heavy atom. The Hall–Kier alpha value is -1.79. The average molecular weight is 205 g/mol. The van der Waals surface area contributed by atoms with Gasteiger partial charge in [0.2, 0.25) is 0 Å². The van der Waals surface area contributed by atoms with Crippen LogP contribution in [0.4, 0.5) is 0 Å². The first kappa shape index (κ1) is 8.79. The summed E-state index contributed by atoms with van der Waals surface area (Å²) in [5.74, 6) is 0. The Bertz CT molecular complexity index is 551. The van der Waals surface area contributed by atoms with Gasteiger partial charge in [0.25, 0.3) is 0 Å². The lowest BCUT2D eigenvalue weighted by Gasteiger charge is -1.94. The van der Waals surface area contributed by atoms with Crippen molar-refractivity contribution in [2.75, 3.05) is 0 Å². The van der Waals surface area contributed by atoms with E-state index in [9.17, 15) is 4.79 Å². The van der Waals surface area contributed by atoms with E-state index < -0.39 is 0 Å². The van der Waals surface area contributed by atoms with Crippen molar-refractivity contribution in [1.82, 2.24) is 4.98 Å². The van der Waals surface area contributed by atoms with E-state index >= 15 is 0 Å². The molecule has 0 aliphatic heterocycles. The fraction of sp³-hybridized carbons (Fsp3) is 0. The van der Waals surface area contributed by atoms with Gasteiger partial charge in [0.1, 0.15) is 6.07 Å². The van der Waals surface area contributed by atoms with Crippen molar-refractivity contribution in [2.24, 2.45) is 0 Å². The summed E-state index contributed by atoms with van der Waals surface area (Å²) < 4.78 is 0. The molecule has 3 nitrogen and oxygen atoms in total. The predicted molar refractivity (Wildman–Crippen MR) is 53.4 cm³/mol. The zero-order valence-electron chi connectivity index (χ0n) is 7.04. The van der Waals surface area contributed by atoms with Crippen LogP contribution < -0.4 is 0 Å². The largest absolute Gasteiger partial charge is 0.352 e. The van der Waals surface area contributed by atoms with Gasteiger partial charge in [-0.1, -0.05) is 11.6 Å². The van der Waals surface area contributed by atoms with Crippen molar-refractivity contribution in [3.63, 3.8) is 0 Å². The normalized spacial score (nSPS) is 10.0. The van der Waals surface area contributed by atoms with E-state index in [2.05, 4.69) is 4.98 Å². The third-order valence-corrected chi connectivity index (χ3v) is 2.29. The molecule has 14 heavy (non-hydrogen) atoms. The zero-order chi connectivity index (χ0) is 10.1. The van der Waals surface area contributed by atoms with Gasteiger partial charge in [-0.3, -0.25) is 4.79 Å². The fourth-order valence-corrected chi connectivity index (χ4v) is 1.54. The topological polar surface area (TPSA) is 56.6 Å². The first-order chi connectivity index (χ1) is 6.74. The van der Waals surface area contributed by atoms with Crippen molar-refractivity contribution in [2.45, 2.75) is 0 Å². The van der Waals surface area contributed by atoms with Gasteiger partial charge in [0.05, 0.1) is 16.3 Å². The molecule has 4 heteroatoms. The van der Waals surface area contributed by atoms with Crippen LogP contribution in [0.5, 0.6) is 0 Å². The van der Waals surface area contributed by atoms with Crippen LogP contribution in [0.2, 0.25) is 5.02 Å². The quantitative estimate of drug-likeness (QED) is 0.726. The molecule has 1 aromatic carbocycles. The number of nitrogens with one attached hydrogen (secondary N) is 1. The van der Waals surface area contributed by atoms with Gasteiger partial charge in [-0.15, -0.1) is 0 Å². The molecule has 0 saturated carbocycles. The third kappa shape index (κ3) is 1.26. The summed E-state index contributed by atoms with van der Waals surface area (Å²) >= 11 is 5.83. The Labute approximate surface area is 84.9 Å². The maximum absolute atomic E-state index is 10.5. The van der Waals surface area contributed by atoms with Crippen LogP contribution in [0.25, 0.3) is 10.9 Å². The monoisotopic (exact) mass is 204 g/mol. The Balaban J connectivity index is 2.77. The Kier molecular flexibility index (Phi) is 1.99. The Morgan fingerprint density at radius 1 is 1.43 bits per heavy atom. The van der Waals surface area contributed by atoms with Crippen molar-refractivity contribution in [3.05, 3.63) is 34.5 Å². The number of nitriles is 1. The van der Waals surface area contributed by atoms with Crippen LogP contribution >= 0.6 is 11.6 Å². The molecule has 0 spiro atoms. The molecule has 0 fully saturated rings. The summed E-state index contributed by atoms with van der Waals surface area (Å²) in [5.41, 5.74) is 1.62. The summed E-state index contributed by atoms with van der Waals surface area (Å²) in [6.07, 6.45) is 0.722. The number of hydrogen-bond donors (Lipinski definition) is 1. The number of carbonyl (C=O) groups is 1. The van der Waals surface area contributed by atoms with Crippen molar-refractivity contribution in [1.29, 1.82) is 5.26 Å². The molecule has 0 aliphatic rings. The molecule has 68 valence electrons. The van der Waals surface area contributed by atoms with Gasteiger partial charge in [0.15, 0.2) is 6.29 Å². The molecule has 0 radical (unpaired) electrons. The van der Waals surface area contributed by atoms with Gasteiger partial charge in [-0.25, -0.2) is 0 Å². The molecular weight excluding hydrogens is 200 g/mol. The number of hydrogen-bond acceptors (Lipinski definition) is 2. The summed E-state index contributed by atoms with van der Waals surface area (Å²) in [7, 11) is 0. The van der Waals surface area contributed by atoms with Gasteiger partial charge in [0, 0.05) is 10.9 Å². The van der Waals surface area contributed by atoms with Crippen LogP contribution in [0.3, 0.4) is 0 Å². The minimum atomic E-state index is 0.399. The molecule has 0 aliphatic carbocycles. The summed E-state index contributed by atoms with van der Waals surface area (Å²) in [6, 6.07) is 6.96. The number of benzene rings is 1. The second kappa shape index (κ2) is 3.17. The van der Waals surface area contributed by atoms with E-state index in [-0.39, 0.29) is 0 Å². The third-order valence-electron chi connectivity index (χ3n) is 1.98. The van der Waals surface area contributed by atoms with Crippen molar-refractivity contribution >= 4 is 28.8 Å². The number of halogens is 1. The van der Waals surface area contributed by atoms with E-state index in [0.29, 0.717) is 16.3 Å². The summed E-state index contributed by atoms with van der Waals surface area (Å²) in [5, 5.41) is 9.95. The molecule has 0 amide bonds. The molecule has 0 bridgehead atoms. The molecule has 0 atom stereocenters. The van der Waals surface area contributed by atoms with E-state index in [1.807, 2.05) is 6.07 Å².